The standard InChI is InChI=1S/C11H22N2O2/c1-11(2,10(14)13(3)4)12-9-6-5-7-15-8-9/h9,12H,5-8H2,1-4H3. The van der Waals surface area contributed by atoms with Crippen molar-refractivity contribution < 1.29 is 9.53 Å². The zero-order chi connectivity index (χ0) is 11.5. The van der Waals surface area contributed by atoms with Crippen molar-refractivity contribution in [1.29, 1.82) is 0 Å². The number of carbonyl (C=O) groups excluding carboxylic acids is 1. The fourth-order valence-electron chi connectivity index (χ4n) is 1.99. The van der Waals surface area contributed by atoms with E-state index in [1.807, 2.05) is 13.8 Å². The Kier molecular flexibility index (Phi) is 4.11. The lowest BCUT2D eigenvalue weighted by atomic mass is 10.00. The van der Waals surface area contributed by atoms with Crippen molar-refractivity contribution in [3.8, 4) is 0 Å². The van der Waals surface area contributed by atoms with Crippen molar-refractivity contribution in [1.82, 2.24) is 10.2 Å². The van der Waals surface area contributed by atoms with Gasteiger partial charge in [0, 0.05) is 26.7 Å². The minimum atomic E-state index is -0.505. The lowest BCUT2D eigenvalue weighted by Crippen LogP contribution is -2.57. The van der Waals surface area contributed by atoms with E-state index in [1.54, 1.807) is 19.0 Å². The second-order valence-corrected chi connectivity index (χ2v) is 4.88. The molecule has 0 aromatic carbocycles. The summed E-state index contributed by atoms with van der Waals surface area (Å²) in [5.41, 5.74) is -0.505. The minimum Gasteiger partial charge on any atom is -0.380 e. The lowest BCUT2D eigenvalue weighted by Gasteiger charge is -2.34. The first-order chi connectivity index (χ1) is 6.93. The molecule has 1 unspecified atom stereocenters. The monoisotopic (exact) mass is 214 g/mol. The summed E-state index contributed by atoms with van der Waals surface area (Å²) in [6.07, 6.45) is 2.16. The normalized spacial score (nSPS) is 22.5. The average Bonchev–Trinajstić information content (AvgIpc) is 2.17. The van der Waals surface area contributed by atoms with Crippen LogP contribution in [-0.4, -0.2) is 49.7 Å². The Morgan fingerprint density at radius 2 is 2.13 bits per heavy atom. The molecule has 1 amide bonds. The number of hydrogen-bond donors (Lipinski definition) is 1. The van der Waals surface area contributed by atoms with E-state index in [0.29, 0.717) is 12.6 Å². The van der Waals surface area contributed by atoms with Crippen molar-refractivity contribution in [3.63, 3.8) is 0 Å². The molecule has 1 aliphatic rings. The van der Waals surface area contributed by atoms with Crippen molar-refractivity contribution >= 4 is 5.91 Å². The van der Waals surface area contributed by atoms with Crippen molar-refractivity contribution in [2.24, 2.45) is 0 Å². The maximum Gasteiger partial charge on any atom is 0.241 e. The molecule has 1 aliphatic heterocycles. The highest BCUT2D eigenvalue weighted by Crippen LogP contribution is 2.12. The highest BCUT2D eigenvalue weighted by atomic mass is 16.5. The quantitative estimate of drug-likeness (QED) is 0.749. The van der Waals surface area contributed by atoms with E-state index in [2.05, 4.69) is 5.32 Å². The number of carbonyl (C=O) groups is 1. The molecule has 0 aromatic rings. The number of nitrogens with one attached hydrogen (secondary N) is 1. The highest BCUT2D eigenvalue weighted by molar-refractivity contribution is 5.85. The Hall–Kier alpha value is -0.610. The zero-order valence-corrected chi connectivity index (χ0v) is 10.2. The lowest BCUT2D eigenvalue weighted by molar-refractivity contribution is -0.135. The predicted molar refractivity (Wildman–Crippen MR) is 59.7 cm³/mol. The van der Waals surface area contributed by atoms with E-state index in [0.717, 1.165) is 19.4 Å². The summed E-state index contributed by atoms with van der Waals surface area (Å²) in [7, 11) is 3.56. The average molecular weight is 214 g/mol. The van der Waals surface area contributed by atoms with Gasteiger partial charge in [0.1, 0.15) is 0 Å². The van der Waals surface area contributed by atoms with E-state index in [1.165, 1.54) is 0 Å². The molecule has 0 radical (unpaired) electrons. The molecular formula is C11H22N2O2. The van der Waals surface area contributed by atoms with Gasteiger partial charge in [-0.1, -0.05) is 0 Å². The van der Waals surface area contributed by atoms with Gasteiger partial charge in [0.15, 0.2) is 0 Å². The van der Waals surface area contributed by atoms with Gasteiger partial charge in [-0.15, -0.1) is 0 Å². The molecule has 15 heavy (non-hydrogen) atoms. The van der Waals surface area contributed by atoms with Gasteiger partial charge in [-0.3, -0.25) is 10.1 Å². The summed E-state index contributed by atoms with van der Waals surface area (Å²) in [6.45, 7) is 5.40. The molecule has 0 bridgehead atoms. The SMILES string of the molecule is CN(C)C(=O)C(C)(C)NC1CCCOC1. The summed E-state index contributed by atoms with van der Waals surface area (Å²) in [5.74, 6) is 0.105. The van der Waals surface area contributed by atoms with Crippen LogP contribution >= 0.6 is 0 Å². The van der Waals surface area contributed by atoms with Gasteiger partial charge in [-0.05, 0) is 26.7 Å². The van der Waals surface area contributed by atoms with E-state index >= 15 is 0 Å². The molecule has 0 saturated carbocycles. The van der Waals surface area contributed by atoms with Crippen LogP contribution in [-0.2, 0) is 9.53 Å². The van der Waals surface area contributed by atoms with Crippen LogP contribution < -0.4 is 5.32 Å². The summed E-state index contributed by atoms with van der Waals surface area (Å²) >= 11 is 0. The third-order valence-electron chi connectivity index (χ3n) is 2.67. The second kappa shape index (κ2) is 4.94. The maximum absolute atomic E-state index is 11.9. The van der Waals surface area contributed by atoms with Crippen LogP contribution in [0.5, 0.6) is 0 Å². The fraction of sp³-hybridized carbons (Fsp3) is 0.909. The number of rotatable bonds is 3. The second-order valence-electron chi connectivity index (χ2n) is 4.88. The maximum atomic E-state index is 11.9. The van der Waals surface area contributed by atoms with Crippen LogP contribution in [0.4, 0.5) is 0 Å². The topological polar surface area (TPSA) is 41.6 Å². The molecule has 88 valence electrons. The van der Waals surface area contributed by atoms with Gasteiger partial charge in [0.05, 0.1) is 12.1 Å². The van der Waals surface area contributed by atoms with E-state index in [-0.39, 0.29) is 5.91 Å². The van der Waals surface area contributed by atoms with E-state index in [4.69, 9.17) is 4.74 Å². The van der Waals surface area contributed by atoms with Gasteiger partial charge in [-0.25, -0.2) is 0 Å². The molecule has 4 nitrogen and oxygen atoms in total. The summed E-state index contributed by atoms with van der Waals surface area (Å²) in [5, 5.41) is 3.36. The molecule has 1 saturated heterocycles. The molecule has 1 N–H and O–H groups in total. The summed E-state index contributed by atoms with van der Waals surface area (Å²) in [4.78, 5) is 13.5. The van der Waals surface area contributed by atoms with Crippen LogP contribution in [0.3, 0.4) is 0 Å². The molecule has 1 rings (SSSR count). The Morgan fingerprint density at radius 3 is 2.60 bits per heavy atom. The van der Waals surface area contributed by atoms with Crippen molar-refractivity contribution in [2.45, 2.75) is 38.3 Å². The molecule has 1 atom stereocenters. The van der Waals surface area contributed by atoms with Crippen molar-refractivity contribution in [2.75, 3.05) is 27.3 Å². The van der Waals surface area contributed by atoms with Gasteiger partial charge in [0.25, 0.3) is 0 Å². The molecule has 0 aliphatic carbocycles. The summed E-state index contributed by atoms with van der Waals surface area (Å²) < 4.78 is 5.38. The summed E-state index contributed by atoms with van der Waals surface area (Å²) in [6, 6.07) is 0.303. The zero-order valence-electron chi connectivity index (χ0n) is 10.2. The van der Waals surface area contributed by atoms with Gasteiger partial charge >= 0.3 is 0 Å². The number of likely N-dealkylation sites (N-methyl/N-ethyl adjacent to an activating group) is 1. The highest BCUT2D eigenvalue weighted by Gasteiger charge is 2.31. The van der Waals surface area contributed by atoms with Crippen LogP contribution in [0.1, 0.15) is 26.7 Å². The Labute approximate surface area is 92.0 Å². The van der Waals surface area contributed by atoms with Crippen LogP contribution in [0.15, 0.2) is 0 Å². The number of nitrogens with zero attached hydrogens (tertiary/aromatic N) is 1. The Balaban J connectivity index is 2.50. The smallest absolute Gasteiger partial charge is 0.241 e. The van der Waals surface area contributed by atoms with Gasteiger partial charge in [-0.2, -0.15) is 0 Å². The molecule has 1 fully saturated rings. The number of ether oxygens (including phenoxy) is 1. The predicted octanol–water partition coefficient (Wildman–Crippen LogP) is 0.622. The van der Waals surface area contributed by atoms with Crippen LogP contribution in [0.25, 0.3) is 0 Å². The third-order valence-corrected chi connectivity index (χ3v) is 2.67. The Morgan fingerprint density at radius 1 is 1.47 bits per heavy atom. The van der Waals surface area contributed by atoms with Crippen LogP contribution in [0.2, 0.25) is 0 Å². The van der Waals surface area contributed by atoms with E-state index < -0.39 is 5.54 Å². The first-order valence-corrected chi connectivity index (χ1v) is 5.50. The van der Waals surface area contributed by atoms with Gasteiger partial charge < -0.3 is 9.64 Å². The largest absolute Gasteiger partial charge is 0.380 e. The molecule has 1 heterocycles. The number of amides is 1. The first kappa shape index (κ1) is 12.5. The Bertz CT molecular complexity index is 221. The van der Waals surface area contributed by atoms with Gasteiger partial charge in [0.2, 0.25) is 5.91 Å². The van der Waals surface area contributed by atoms with Crippen molar-refractivity contribution in [3.05, 3.63) is 0 Å². The fourth-order valence-corrected chi connectivity index (χ4v) is 1.99. The molecule has 0 aromatic heterocycles. The molecular weight excluding hydrogens is 192 g/mol. The van der Waals surface area contributed by atoms with Crippen LogP contribution in [0, 0.1) is 0 Å². The van der Waals surface area contributed by atoms with E-state index in [9.17, 15) is 4.79 Å². The third kappa shape index (κ3) is 3.47. The minimum absolute atomic E-state index is 0.105. The number of hydrogen-bond acceptors (Lipinski definition) is 3. The molecule has 4 heteroatoms. The first-order valence-electron chi connectivity index (χ1n) is 5.50. The molecule has 0 spiro atoms.